The molecule has 8 heteroatoms. The molecule has 0 bridgehead atoms. The third-order valence-corrected chi connectivity index (χ3v) is 4.14. The molecule has 0 saturated carbocycles. The van der Waals surface area contributed by atoms with E-state index in [4.69, 9.17) is 4.74 Å². The van der Waals surface area contributed by atoms with E-state index in [0.29, 0.717) is 11.1 Å². The molecule has 1 N–H and O–H groups in total. The monoisotopic (exact) mass is 362 g/mol. The third kappa shape index (κ3) is 3.68. The first-order valence-corrected chi connectivity index (χ1v) is 8.22. The first-order chi connectivity index (χ1) is 12.1. The van der Waals surface area contributed by atoms with Crippen molar-refractivity contribution in [1.82, 2.24) is 4.57 Å². The molecular weight excluding hydrogens is 340 g/mol. The maximum atomic E-state index is 11.9. The predicted octanol–water partition coefficient (Wildman–Crippen LogP) is 3.33. The second kappa shape index (κ2) is 7.15. The van der Waals surface area contributed by atoms with Gasteiger partial charge in [-0.3, -0.25) is 19.7 Å². The number of carbonyl (C=O) groups excluding carboxylic acids is 1. The molecule has 0 spiro atoms. The summed E-state index contributed by atoms with van der Waals surface area (Å²) in [6.45, 7) is 7.00. The van der Waals surface area contributed by atoms with Gasteiger partial charge in [0.05, 0.1) is 34.5 Å². The lowest BCUT2D eigenvalue weighted by molar-refractivity contribution is -0.383. The first kappa shape index (κ1) is 19.4. The van der Waals surface area contributed by atoms with Crippen LogP contribution in [0.2, 0.25) is 0 Å². The van der Waals surface area contributed by atoms with Gasteiger partial charge in [-0.05, 0) is 24.0 Å². The van der Waals surface area contributed by atoms with E-state index in [9.17, 15) is 24.8 Å². The Morgan fingerprint density at radius 2 is 2.00 bits per heavy atom. The highest BCUT2D eigenvalue weighted by molar-refractivity contribution is 5.97. The molecule has 0 aliphatic rings. The fraction of sp³-hybridized carbons (Fsp3) is 0.444. The largest absolute Gasteiger partial charge is 0.481 e. The smallest absolute Gasteiger partial charge is 0.325 e. The molecule has 0 radical (unpaired) electrons. The van der Waals surface area contributed by atoms with Crippen molar-refractivity contribution < 1.29 is 24.4 Å². The van der Waals surface area contributed by atoms with Gasteiger partial charge in [0.2, 0.25) is 0 Å². The molecule has 1 aromatic carbocycles. The van der Waals surface area contributed by atoms with Crippen LogP contribution >= 0.6 is 0 Å². The number of carboxylic acid groups (broad SMARTS) is 1. The summed E-state index contributed by atoms with van der Waals surface area (Å²) >= 11 is 0. The minimum atomic E-state index is -1.06. The summed E-state index contributed by atoms with van der Waals surface area (Å²) in [7, 11) is 0. The molecule has 2 rings (SSSR count). The van der Waals surface area contributed by atoms with Crippen LogP contribution in [0.4, 0.5) is 5.69 Å². The van der Waals surface area contributed by atoms with E-state index in [1.807, 2.05) is 0 Å². The van der Waals surface area contributed by atoms with Gasteiger partial charge in [0.15, 0.2) is 0 Å². The van der Waals surface area contributed by atoms with Gasteiger partial charge in [-0.2, -0.15) is 0 Å². The van der Waals surface area contributed by atoms with Crippen LogP contribution in [0.15, 0.2) is 24.4 Å². The number of hydrogen-bond donors (Lipinski definition) is 1. The molecular formula is C18H22N2O6. The fourth-order valence-electron chi connectivity index (χ4n) is 3.18. The number of esters is 1. The summed E-state index contributed by atoms with van der Waals surface area (Å²) < 4.78 is 6.34. The van der Waals surface area contributed by atoms with Crippen LogP contribution in [0.1, 0.15) is 39.2 Å². The maximum absolute atomic E-state index is 11.9. The zero-order chi connectivity index (χ0) is 19.6. The number of carbonyl (C=O) groups is 2. The average Bonchev–Trinajstić information content (AvgIpc) is 2.85. The van der Waals surface area contributed by atoms with Crippen molar-refractivity contribution in [3.8, 4) is 0 Å². The lowest BCUT2D eigenvalue weighted by Crippen LogP contribution is -2.26. The van der Waals surface area contributed by atoms with Crippen molar-refractivity contribution in [3.05, 3.63) is 40.1 Å². The number of aromatic nitrogens is 1. The molecule has 1 atom stereocenters. The second-order valence-electron chi connectivity index (χ2n) is 7.08. The summed E-state index contributed by atoms with van der Waals surface area (Å²) in [5, 5.41) is 21.5. The van der Waals surface area contributed by atoms with Crippen molar-refractivity contribution in [1.29, 1.82) is 0 Å². The van der Waals surface area contributed by atoms with E-state index in [1.54, 1.807) is 45.9 Å². The number of hydrogen-bond acceptors (Lipinski definition) is 5. The Morgan fingerprint density at radius 3 is 2.50 bits per heavy atom. The molecule has 140 valence electrons. The lowest BCUT2D eigenvalue weighted by atomic mass is 9.75. The lowest BCUT2D eigenvalue weighted by Gasteiger charge is -2.27. The molecule has 0 aliphatic carbocycles. The normalized spacial score (nSPS) is 12.8. The van der Waals surface area contributed by atoms with Gasteiger partial charge in [-0.1, -0.05) is 32.9 Å². The molecule has 26 heavy (non-hydrogen) atoms. The minimum Gasteiger partial charge on any atom is -0.481 e. The fourth-order valence-corrected chi connectivity index (χ4v) is 3.18. The number of benzene rings is 1. The zero-order valence-electron chi connectivity index (χ0n) is 15.2. The molecule has 0 saturated heterocycles. The highest BCUT2D eigenvalue weighted by Crippen LogP contribution is 2.42. The molecule has 8 nitrogen and oxygen atoms in total. The Bertz CT molecular complexity index is 862. The van der Waals surface area contributed by atoms with Crippen molar-refractivity contribution >= 4 is 28.5 Å². The SMILES string of the molecule is CCOC(=O)Cn1cc([N+](=O)[O-])c2c(C(C(=O)O)C(C)(C)C)cccc21. The van der Waals surface area contributed by atoms with E-state index in [0.717, 1.165) is 0 Å². The van der Waals surface area contributed by atoms with Crippen LogP contribution in [-0.4, -0.2) is 33.1 Å². The van der Waals surface area contributed by atoms with Crippen molar-refractivity contribution in [2.75, 3.05) is 6.61 Å². The number of aliphatic carboxylic acids is 1. The topological polar surface area (TPSA) is 112 Å². The third-order valence-electron chi connectivity index (χ3n) is 4.14. The minimum absolute atomic E-state index is 0.186. The summed E-state index contributed by atoms with van der Waals surface area (Å²) in [5.41, 5.74) is -0.0954. The van der Waals surface area contributed by atoms with Gasteiger partial charge in [0, 0.05) is 0 Å². The van der Waals surface area contributed by atoms with Crippen molar-refractivity contribution in [2.45, 2.75) is 40.2 Å². The van der Waals surface area contributed by atoms with Gasteiger partial charge in [-0.15, -0.1) is 0 Å². The van der Waals surface area contributed by atoms with Crippen LogP contribution in [-0.2, 0) is 20.9 Å². The number of ether oxygens (including phenoxy) is 1. The molecule has 1 unspecified atom stereocenters. The van der Waals surface area contributed by atoms with Crippen LogP contribution in [0.3, 0.4) is 0 Å². The van der Waals surface area contributed by atoms with E-state index in [2.05, 4.69) is 0 Å². The van der Waals surface area contributed by atoms with Gasteiger partial charge >= 0.3 is 11.9 Å². The Balaban J connectivity index is 2.74. The zero-order valence-corrected chi connectivity index (χ0v) is 15.2. The number of nitro groups is 1. The Hall–Kier alpha value is -2.90. The van der Waals surface area contributed by atoms with Gasteiger partial charge in [0.25, 0.3) is 5.69 Å². The quantitative estimate of drug-likeness (QED) is 0.479. The van der Waals surface area contributed by atoms with E-state index in [-0.39, 0.29) is 24.2 Å². The van der Waals surface area contributed by atoms with Gasteiger partial charge < -0.3 is 14.4 Å². The summed E-state index contributed by atoms with van der Waals surface area (Å²) in [4.78, 5) is 34.7. The maximum Gasteiger partial charge on any atom is 0.325 e. The van der Waals surface area contributed by atoms with Crippen molar-refractivity contribution in [3.63, 3.8) is 0 Å². The number of rotatable bonds is 6. The van der Waals surface area contributed by atoms with Gasteiger partial charge in [0.1, 0.15) is 6.54 Å². The van der Waals surface area contributed by atoms with E-state index < -0.39 is 28.2 Å². The van der Waals surface area contributed by atoms with Crippen LogP contribution in [0, 0.1) is 15.5 Å². The average molecular weight is 362 g/mol. The van der Waals surface area contributed by atoms with Crippen LogP contribution in [0.25, 0.3) is 10.9 Å². The van der Waals surface area contributed by atoms with Crippen LogP contribution in [0.5, 0.6) is 0 Å². The Morgan fingerprint density at radius 1 is 1.35 bits per heavy atom. The molecule has 1 heterocycles. The molecule has 1 aromatic heterocycles. The van der Waals surface area contributed by atoms with E-state index in [1.165, 1.54) is 10.8 Å². The molecule has 2 aromatic rings. The first-order valence-electron chi connectivity index (χ1n) is 8.22. The van der Waals surface area contributed by atoms with E-state index >= 15 is 0 Å². The predicted molar refractivity (Wildman–Crippen MR) is 95.1 cm³/mol. The highest BCUT2D eigenvalue weighted by Gasteiger charge is 2.36. The molecule has 0 amide bonds. The number of nitrogens with zero attached hydrogens (tertiary/aromatic N) is 2. The summed E-state index contributed by atoms with van der Waals surface area (Å²) in [6, 6.07) is 4.87. The van der Waals surface area contributed by atoms with Gasteiger partial charge in [-0.25, -0.2) is 0 Å². The molecule has 0 fully saturated rings. The molecule has 0 aliphatic heterocycles. The number of fused-ring (bicyclic) bond motifs is 1. The Kier molecular flexibility index (Phi) is 5.34. The van der Waals surface area contributed by atoms with Crippen LogP contribution < -0.4 is 0 Å². The van der Waals surface area contributed by atoms with Crippen molar-refractivity contribution in [2.24, 2.45) is 5.41 Å². The summed E-state index contributed by atoms with van der Waals surface area (Å²) in [5.74, 6) is -2.52. The summed E-state index contributed by atoms with van der Waals surface area (Å²) in [6.07, 6.45) is 1.26. The highest BCUT2D eigenvalue weighted by atomic mass is 16.6. The number of carboxylic acids is 1. The second-order valence-corrected chi connectivity index (χ2v) is 7.08. The Labute approximate surface area is 150 Å². The standard InChI is InChI=1S/C18H22N2O6/c1-5-26-14(21)10-19-9-13(20(24)25)15-11(7-6-8-12(15)19)16(17(22)23)18(2,3)4/h6-9,16H,5,10H2,1-4H3,(H,22,23).